The molecular weight excluding hydrogens is 411 g/mol. The number of ether oxygens (including phenoxy) is 3. The van der Waals surface area contributed by atoms with E-state index in [1.165, 1.54) is 12.1 Å². The van der Waals surface area contributed by atoms with Crippen LogP contribution >= 0.6 is 0 Å². The van der Waals surface area contributed by atoms with Gasteiger partial charge in [0.25, 0.3) is 0 Å². The van der Waals surface area contributed by atoms with Crippen molar-refractivity contribution in [3.8, 4) is 11.5 Å². The van der Waals surface area contributed by atoms with E-state index >= 15 is 0 Å². The highest BCUT2D eigenvalue weighted by molar-refractivity contribution is 6.76. The highest BCUT2D eigenvalue weighted by Gasteiger charge is 2.13. The first-order valence-corrected chi connectivity index (χ1v) is 14.2. The van der Waals surface area contributed by atoms with Gasteiger partial charge in [-0.1, -0.05) is 50.0 Å². The Morgan fingerprint density at radius 3 is 2.32 bits per heavy atom. The lowest BCUT2D eigenvalue weighted by atomic mass is 10.2. The van der Waals surface area contributed by atoms with Gasteiger partial charge in [0.05, 0.1) is 11.9 Å². The summed E-state index contributed by atoms with van der Waals surface area (Å²) in [5.41, 5.74) is 1.89. The second-order valence-electron chi connectivity index (χ2n) is 8.76. The Morgan fingerprint density at radius 2 is 1.65 bits per heavy atom. The van der Waals surface area contributed by atoms with Crippen molar-refractivity contribution in [1.82, 2.24) is 9.55 Å². The summed E-state index contributed by atoms with van der Waals surface area (Å²) < 4.78 is 33.5. The van der Waals surface area contributed by atoms with Crippen molar-refractivity contribution in [2.75, 3.05) is 6.61 Å². The quantitative estimate of drug-likeness (QED) is 0.278. The Balaban J connectivity index is 1.58. The molecule has 3 aromatic rings. The molecule has 0 aliphatic heterocycles. The molecular formula is C24H31FN2O3Si. The Morgan fingerprint density at radius 1 is 0.968 bits per heavy atom. The first kappa shape index (κ1) is 23.0. The van der Waals surface area contributed by atoms with Crippen molar-refractivity contribution in [1.29, 1.82) is 0 Å². The standard InChI is InChI=1S/C24H31FN2O3Si/c1-19-26-15-22(27(19)18-28-10-11-31(2,3)4)17-30-24-13-21(25)12-23(14-24)29-16-20-8-6-5-7-9-20/h5-9,12-15H,10-11,16-18H2,1-4H3. The van der Waals surface area contributed by atoms with Gasteiger partial charge < -0.3 is 18.8 Å². The topological polar surface area (TPSA) is 45.5 Å². The van der Waals surface area contributed by atoms with Gasteiger partial charge in [-0.2, -0.15) is 0 Å². The number of benzene rings is 2. The predicted molar refractivity (Wildman–Crippen MR) is 123 cm³/mol. The molecule has 0 saturated carbocycles. The van der Waals surface area contributed by atoms with Crippen LogP contribution in [0.25, 0.3) is 0 Å². The van der Waals surface area contributed by atoms with Crippen LogP contribution in [0.1, 0.15) is 17.1 Å². The van der Waals surface area contributed by atoms with E-state index in [4.69, 9.17) is 14.2 Å². The molecule has 0 aliphatic rings. The van der Waals surface area contributed by atoms with E-state index in [1.54, 1.807) is 12.3 Å². The lowest BCUT2D eigenvalue weighted by Gasteiger charge is -2.17. The van der Waals surface area contributed by atoms with Crippen LogP contribution in [0, 0.1) is 12.7 Å². The Bertz CT molecular complexity index is 971. The number of hydrogen-bond acceptors (Lipinski definition) is 4. The van der Waals surface area contributed by atoms with Crippen LogP contribution in [0.15, 0.2) is 54.7 Å². The van der Waals surface area contributed by atoms with Crippen LogP contribution in [0.2, 0.25) is 25.7 Å². The molecule has 2 aromatic carbocycles. The van der Waals surface area contributed by atoms with Crippen LogP contribution in [-0.2, 0) is 24.7 Å². The minimum atomic E-state index is -1.13. The maximum absolute atomic E-state index is 14.1. The summed E-state index contributed by atoms with van der Waals surface area (Å²) in [6.45, 7) is 10.7. The van der Waals surface area contributed by atoms with Crippen molar-refractivity contribution >= 4 is 8.07 Å². The van der Waals surface area contributed by atoms with Crippen molar-refractivity contribution in [3.05, 3.63) is 77.6 Å². The molecule has 0 aliphatic carbocycles. The Hall–Kier alpha value is -2.64. The second kappa shape index (κ2) is 10.6. The molecule has 166 valence electrons. The maximum atomic E-state index is 14.1. The molecule has 1 heterocycles. The van der Waals surface area contributed by atoms with Crippen molar-refractivity contribution in [2.45, 2.75) is 52.6 Å². The third-order valence-electron chi connectivity index (χ3n) is 4.83. The smallest absolute Gasteiger partial charge is 0.130 e. The lowest BCUT2D eigenvalue weighted by molar-refractivity contribution is 0.0814. The molecule has 0 bridgehead atoms. The van der Waals surface area contributed by atoms with Gasteiger partial charge >= 0.3 is 0 Å². The molecule has 0 radical (unpaired) electrons. The van der Waals surface area contributed by atoms with Crippen molar-refractivity contribution < 1.29 is 18.6 Å². The molecule has 1 aromatic heterocycles. The first-order valence-electron chi connectivity index (χ1n) is 10.5. The second-order valence-corrected chi connectivity index (χ2v) is 14.4. The van der Waals surface area contributed by atoms with Gasteiger partial charge in [0.2, 0.25) is 0 Å². The fourth-order valence-corrected chi connectivity index (χ4v) is 3.70. The number of hydrogen-bond donors (Lipinski definition) is 0. The Kier molecular flexibility index (Phi) is 7.87. The summed E-state index contributed by atoms with van der Waals surface area (Å²) in [6.07, 6.45) is 1.77. The summed E-state index contributed by atoms with van der Waals surface area (Å²) in [7, 11) is -1.13. The zero-order chi connectivity index (χ0) is 22.3. The predicted octanol–water partition coefficient (Wildman–Crippen LogP) is 5.80. The maximum Gasteiger partial charge on any atom is 0.130 e. The summed E-state index contributed by atoms with van der Waals surface area (Å²) in [5.74, 6) is 1.30. The average molecular weight is 443 g/mol. The van der Waals surface area contributed by atoms with E-state index in [-0.39, 0.29) is 6.61 Å². The lowest BCUT2D eigenvalue weighted by Crippen LogP contribution is -2.22. The molecule has 5 nitrogen and oxygen atoms in total. The summed E-state index contributed by atoms with van der Waals surface area (Å²) in [4.78, 5) is 4.37. The van der Waals surface area contributed by atoms with Crippen LogP contribution in [0.3, 0.4) is 0 Å². The average Bonchev–Trinajstić information content (AvgIpc) is 3.07. The highest BCUT2D eigenvalue weighted by Crippen LogP contribution is 2.24. The number of nitrogens with zero attached hydrogens (tertiary/aromatic N) is 2. The van der Waals surface area contributed by atoms with Gasteiger partial charge in [-0.3, -0.25) is 0 Å². The number of halogens is 1. The minimum absolute atomic E-state index is 0.264. The zero-order valence-corrected chi connectivity index (χ0v) is 19.7. The molecule has 0 amide bonds. The molecule has 31 heavy (non-hydrogen) atoms. The number of aromatic nitrogens is 2. The van der Waals surface area contributed by atoms with E-state index in [1.807, 2.05) is 41.8 Å². The molecule has 0 saturated heterocycles. The Labute approximate surface area is 184 Å². The SMILES string of the molecule is Cc1ncc(COc2cc(F)cc(OCc3ccccc3)c2)n1COCC[Si](C)(C)C. The van der Waals surface area contributed by atoms with Crippen LogP contribution in [-0.4, -0.2) is 24.2 Å². The largest absolute Gasteiger partial charge is 0.489 e. The van der Waals surface area contributed by atoms with Crippen LogP contribution in [0.5, 0.6) is 11.5 Å². The van der Waals surface area contributed by atoms with Gasteiger partial charge in [0, 0.05) is 32.9 Å². The summed E-state index contributed by atoms with van der Waals surface area (Å²) >= 11 is 0. The van der Waals surface area contributed by atoms with Gasteiger partial charge in [-0.25, -0.2) is 9.37 Å². The first-order chi connectivity index (χ1) is 14.8. The van der Waals surface area contributed by atoms with E-state index in [0.29, 0.717) is 24.8 Å². The number of rotatable bonds is 11. The van der Waals surface area contributed by atoms with E-state index in [0.717, 1.165) is 29.7 Å². The van der Waals surface area contributed by atoms with E-state index < -0.39 is 13.9 Å². The fourth-order valence-electron chi connectivity index (χ4n) is 2.94. The summed E-state index contributed by atoms with van der Waals surface area (Å²) in [5, 5.41) is 0. The van der Waals surface area contributed by atoms with E-state index in [9.17, 15) is 4.39 Å². The van der Waals surface area contributed by atoms with Crippen LogP contribution < -0.4 is 9.47 Å². The monoisotopic (exact) mass is 442 g/mol. The van der Waals surface area contributed by atoms with Crippen molar-refractivity contribution in [3.63, 3.8) is 0 Å². The molecule has 0 unspecified atom stereocenters. The number of aryl methyl sites for hydroxylation is 1. The van der Waals surface area contributed by atoms with Crippen molar-refractivity contribution in [2.24, 2.45) is 0 Å². The van der Waals surface area contributed by atoms with Gasteiger partial charge in [-0.15, -0.1) is 0 Å². The highest BCUT2D eigenvalue weighted by atomic mass is 28.3. The third kappa shape index (κ3) is 7.52. The minimum Gasteiger partial charge on any atom is -0.489 e. The fraction of sp³-hybridized carbons (Fsp3) is 0.375. The molecule has 0 spiro atoms. The van der Waals surface area contributed by atoms with Gasteiger partial charge in [-0.05, 0) is 18.5 Å². The molecule has 0 fully saturated rings. The van der Waals surface area contributed by atoms with E-state index in [2.05, 4.69) is 24.6 Å². The summed E-state index contributed by atoms with van der Waals surface area (Å²) in [6, 6.07) is 15.3. The normalized spacial score (nSPS) is 11.5. The molecule has 0 atom stereocenters. The number of imidazole rings is 1. The van der Waals surface area contributed by atoms with Crippen LogP contribution in [0.4, 0.5) is 4.39 Å². The molecule has 0 N–H and O–H groups in total. The molecule has 3 rings (SSSR count). The zero-order valence-electron chi connectivity index (χ0n) is 18.7. The van der Waals surface area contributed by atoms with Gasteiger partial charge in [0.1, 0.15) is 43.1 Å². The molecule has 7 heteroatoms. The third-order valence-corrected chi connectivity index (χ3v) is 6.54. The van der Waals surface area contributed by atoms with Gasteiger partial charge in [0.15, 0.2) is 0 Å².